The van der Waals surface area contributed by atoms with Crippen LogP contribution in [-0.2, 0) is 0 Å². The van der Waals surface area contributed by atoms with Crippen LogP contribution >= 0.6 is 0 Å². The van der Waals surface area contributed by atoms with Gasteiger partial charge >= 0.3 is 0 Å². The van der Waals surface area contributed by atoms with Crippen LogP contribution in [0, 0.1) is 0 Å². The van der Waals surface area contributed by atoms with Gasteiger partial charge in [-0.2, -0.15) is 0 Å². The van der Waals surface area contributed by atoms with E-state index in [4.69, 9.17) is 0 Å². The topological polar surface area (TPSA) is 33.4 Å². The second-order valence-corrected chi connectivity index (χ2v) is 4.11. The molecular weight excluding hydrogens is 188 g/mol. The smallest absolute Gasteiger partial charge is 0.168 e. The number of fused-ring (bicyclic) bond motifs is 1. The lowest BCUT2D eigenvalue weighted by atomic mass is 10.2. The quantitative estimate of drug-likeness (QED) is 0.702. The molecule has 0 bridgehead atoms. The molecule has 1 fully saturated rings. The fourth-order valence-electron chi connectivity index (χ4n) is 2.23. The predicted molar refractivity (Wildman–Crippen MR) is 57.6 cm³/mol. The Bertz CT molecular complexity index is 443. The molecule has 4 heteroatoms. The largest absolute Gasteiger partial charge is 0.296 e. The Morgan fingerprint density at radius 1 is 1.40 bits per heavy atom. The minimum atomic E-state index is 0.407. The average Bonchev–Trinajstić information content (AvgIpc) is 2.82. The van der Waals surface area contributed by atoms with Crippen molar-refractivity contribution in [1.82, 2.24) is 19.5 Å². The summed E-state index contributed by atoms with van der Waals surface area (Å²) in [4.78, 5) is 6.88. The Labute approximate surface area is 88.5 Å². The van der Waals surface area contributed by atoms with E-state index in [1.54, 1.807) is 0 Å². The molecule has 1 aliphatic heterocycles. The fraction of sp³-hybridized carbons (Fsp3) is 0.455. The third-order valence-corrected chi connectivity index (χ3v) is 3.08. The van der Waals surface area contributed by atoms with Gasteiger partial charge < -0.3 is 0 Å². The van der Waals surface area contributed by atoms with Gasteiger partial charge in [0.25, 0.3) is 0 Å². The summed E-state index contributed by atoms with van der Waals surface area (Å²) in [5, 5.41) is 4.51. The molecule has 3 heterocycles. The number of hydrogen-bond acceptors (Lipinski definition) is 3. The zero-order valence-corrected chi connectivity index (χ0v) is 8.80. The summed E-state index contributed by atoms with van der Waals surface area (Å²) in [5.74, 6) is 0.959. The van der Waals surface area contributed by atoms with Crippen molar-refractivity contribution in [3.05, 3.63) is 30.2 Å². The van der Waals surface area contributed by atoms with E-state index in [2.05, 4.69) is 22.0 Å². The maximum atomic E-state index is 4.56. The van der Waals surface area contributed by atoms with Crippen LogP contribution in [0.1, 0.15) is 24.7 Å². The second kappa shape index (κ2) is 3.31. The maximum absolute atomic E-state index is 4.56. The van der Waals surface area contributed by atoms with Gasteiger partial charge in [0, 0.05) is 6.20 Å². The predicted octanol–water partition coefficient (Wildman–Crippen LogP) is 1.50. The van der Waals surface area contributed by atoms with Gasteiger partial charge in [0.2, 0.25) is 0 Å². The first kappa shape index (κ1) is 8.85. The van der Waals surface area contributed by atoms with Crippen LogP contribution in [0.2, 0.25) is 0 Å². The van der Waals surface area contributed by atoms with Crippen LogP contribution in [-0.4, -0.2) is 33.1 Å². The molecule has 0 aromatic carbocycles. The molecule has 0 spiro atoms. The van der Waals surface area contributed by atoms with Gasteiger partial charge in [0.1, 0.15) is 0 Å². The highest BCUT2D eigenvalue weighted by Gasteiger charge is 2.26. The Morgan fingerprint density at radius 3 is 3.07 bits per heavy atom. The lowest BCUT2D eigenvalue weighted by Gasteiger charge is -2.15. The molecule has 0 aliphatic carbocycles. The van der Waals surface area contributed by atoms with E-state index in [1.807, 2.05) is 28.9 Å². The number of rotatable bonds is 1. The Balaban J connectivity index is 2.04. The third kappa shape index (κ3) is 1.41. The van der Waals surface area contributed by atoms with Crippen molar-refractivity contribution in [3.8, 4) is 0 Å². The molecule has 3 rings (SSSR count). The van der Waals surface area contributed by atoms with E-state index < -0.39 is 0 Å². The van der Waals surface area contributed by atoms with Crippen molar-refractivity contribution < 1.29 is 0 Å². The van der Waals surface area contributed by atoms with Crippen molar-refractivity contribution in [1.29, 1.82) is 0 Å². The zero-order valence-electron chi connectivity index (χ0n) is 8.80. The van der Waals surface area contributed by atoms with Crippen molar-refractivity contribution in [2.24, 2.45) is 0 Å². The van der Waals surface area contributed by atoms with Gasteiger partial charge in [-0.25, -0.2) is 9.50 Å². The first-order valence-corrected chi connectivity index (χ1v) is 5.36. The number of hydrogen-bond donors (Lipinski definition) is 0. The maximum Gasteiger partial charge on any atom is 0.168 e. The van der Waals surface area contributed by atoms with Crippen LogP contribution in [0.4, 0.5) is 0 Å². The van der Waals surface area contributed by atoms with Crippen LogP contribution in [0.25, 0.3) is 5.65 Å². The molecule has 78 valence electrons. The number of aromatic nitrogens is 3. The minimum absolute atomic E-state index is 0.407. The monoisotopic (exact) mass is 202 g/mol. The standard InChI is InChI=1S/C11H14N4/c1-14-7-4-5-9(14)11-12-10-6-2-3-8-15(10)13-11/h2-3,6,8-9H,4-5,7H2,1H3. The molecule has 0 saturated carbocycles. The van der Waals surface area contributed by atoms with Crippen LogP contribution in [0.15, 0.2) is 24.4 Å². The van der Waals surface area contributed by atoms with Gasteiger partial charge in [0.05, 0.1) is 6.04 Å². The van der Waals surface area contributed by atoms with E-state index in [9.17, 15) is 0 Å². The molecule has 0 N–H and O–H groups in total. The molecule has 1 atom stereocenters. The van der Waals surface area contributed by atoms with E-state index in [0.29, 0.717) is 6.04 Å². The minimum Gasteiger partial charge on any atom is -0.296 e. The van der Waals surface area contributed by atoms with E-state index in [1.165, 1.54) is 12.8 Å². The normalized spacial score (nSPS) is 22.6. The summed E-state index contributed by atoms with van der Waals surface area (Å²) in [7, 11) is 2.14. The van der Waals surface area contributed by atoms with Crippen LogP contribution in [0.3, 0.4) is 0 Å². The van der Waals surface area contributed by atoms with Crippen molar-refractivity contribution in [2.45, 2.75) is 18.9 Å². The lowest BCUT2D eigenvalue weighted by Crippen LogP contribution is -2.18. The highest BCUT2D eigenvalue weighted by molar-refractivity contribution is 5.36. The Hall–Kier alpha value is -1.42. The number of likely N-dealkylation sites (tertiary alicyclic amines) is 1. The summed E-state index contributed by atoms with van der Waals surface area (Å²) in [6.45, 7) is 1.15. The average molecular weight is 202 g/mol. The summed E-state index contributed by atoms with van der Waals surface area (Å²) in [6, 6.07) is 6.37. The SMILES string of the molecule is CN1CCCC1c1nc2ccccn2n1. The lowest BCUT2D eigenvalue weighted by molar-refractivity contribution is 0.306. The summed E-state index contributed by atoms with van der Waals surface area (Å²) in [6.07, 6.45) is 4.37. The highest BCUT2D eigenvalue weighted by atomic mass is 15.3. The molecule has 4 nitrogen and oxygen atoms in total. The molecule has 2 aromatic heterocycles. The summed E-state index contributed by atoms with van der Waals surface area (Å²) >= 11 is 0. The third-order valence-electron chi connectivity index (χ3n) is 3.08. The molecular formula is C11H14N4. The van der Waals surface area contributed by atoms with Gasteiger partial charge in [-0.15, -0.1) is 5.10 Å². The molecule has 2 aromatic rings. The second-order valence-electron chi connectivity index (χ2n) is 4.11. The summed E-state index contributed by atoms with van der Waals surface area (Å²) < 4.78 is 1.85. The van der Waals surface area contributed by atoms with Crippen LogP contribution < -0.4 is 0 Å². The zero-order chi connectivity index (χ0) is 10.3. The Morgan fingerprint density at radius 2 is 2.33 bits per heavy atom. The van der Waals surface area contributed by atoms with Crippen LogP contribution in [0.5, 0.6) is 0 Å². The first-order valence-electron chi connectivity index (χ1n) is 5.36. The van der Waals surface area contributed by atoms with E-state index in [-0.39, 0.29) is 0 Å². The van der Waals surface area contributed by atoms with Gasteiger partial charge in [-0.05, 0) is 38.6 Å². The van der Waals surface area contributed by atoms with Crippen molar-refractivity contribution >= 4 is 5.65 Å². The molecule has 0 amide bonds. The highest BCUT2D eigenvalue weighted by Crippen LogP contribution is 2.27. The number of nitrogens with zero attached hydrogens (tertiary/aromatic N) is 4. The number of pyridine rings is 1. The Kier molecular flexibility index (Phi) is 1.95. The molecule has 0 radical (unpaired) electrons. The molecule has 1 saturated heterocycles. The van der Waals surface area contributed by atoms with Crippen molar-refractivity contribution in [2.75, 3.05) is 13.6 Å². The summed E-state index contributed by atoms with van der Waals surface area (Å²) in [5.41, 5.74) is 0.938. The molecule has 1 aliphatic rings. The van der Waals surface area contributed by atoms with Crippen molar-refractivity contribution in [3.63, 3.8) is 0 Å². The van der Waals surface area contributed by atoms with E-state index >= 15 is 0 Å². The van der Waals surface area contributed by atoms with Gasteiger partial charge in [-0.3, -0.25) is 4.90 Å². The van der Waals surface area contributed by atoms with E-state index in [0.717, 1.165) is 18.0 Å². The molecule has 15 heavy (non-hydrogen) atoms. The van der Waals surface area contributed by atoms with Gasteiger partial charge in [-0.1, -0.05) is 6.07 Å². The fourth-order valence-corrected chi connectivity index (χ4v) is 2.23. The molecule has 1 unspecified atom stereocenters. The first-order chi connectivity index (χ1) is 7.34. The van der Waals surface area contributed by atoms with Gasteiger partial charge in [0.15, 0.2) is 11.5 Å².